The van der Waals surface area contributed by atoms with Gasteiger partial charge < -0.3 is 0 Å². The first-order valence-corrected chi connectivity index (χ1v) is 11.6. The number of thiazole rings is 1. The van der Waals surface area contributed by atoms with E-state index in [0.29, 0.717) is 10.8 Å². The van der Waals surface area contributed by atoms with E-state index in [1.165, 1.54) is 29.0 Å². The number of carbonyl (C=O) groups excluding carboxylic acids is 1. The fraction of sp³-hybridized carbons (Fsp3) is 0.0909. The van der Waals surface area contributed by atoms with E-state index < -0.39 is 15.9 Å². The first-order chi connectivity index (χ1) is 14.4. The zero-order valence-electron chi connectivity index (χ0n) is 16.1. The molecule has 1 amide bonds. The number of para-hydroxylation sites is 1. The highest BCUT2D eigenvalue weighted by atomic mass is 32.2. The maximum atomic E-state index is 12.7. The van der Waals surface area contributed by atoms with E-state index in [4.69, 9.17) is 0 Å². The summed E-state index contributed by atoms with van der Waals surface area (Å²) in [6, 6.07) is 20.5. The minimum atomic E-state index is -3.81. The van der Waals surface area contributed by atoms with Gasteiger partial charge in [0.25, 0.3) is 15.9 Å². The Morgan fingerprint density at radius 2 is 1.80 bits per heavy atom. The summed E-state index contributed by atoms with van der Waals surface area (Å²) >= 11 is 1.39. The summed E-state index contributed by atoms with van der Waals surface area (Å²) in [6.45, 7) is 2.08. The topological polar surface area (TPSA) is 88.2 Å². The number of aryl methyl sites for hydroxylation is 1. The van der Waals surface area contributed by atoms with E-state index in [2.05, 4.69) is 28.0 Å². The van der Waals surface area contributed by atoms with Crippen LogP contribution in [0, 0.1) is 0 Å². The van der Waals surface area contributed by atoms with Crippen LogP contribution >= 0.6 is 11.3 Å². The molecule has 30 heavy (non-hydrogen) atoms. The third-order valence-corrected chi connectivity index (χ3v) is 6.83. The molecule has 2 N–H and O–H groups in total. The van der Waals surface area contributed by atoms with Gasteiger partial charge in [-0.3, -0.25) is 14.8 Å². The second-order valence-corrected chi connectivity index (χ2v) is 9.34. The van der Waals surface area contributed by atoms with Crippen molar-refractivity contribution >= 4 is 48.3 Å². The molecule has 6 nitrogen and oxygen atoms in total. The first kappa shape index (κ1) is 20.1. The van der Waals surface area contributed by atoms with Crippen LogP contribution in [-0.2, 0) is 16.4 Å². The Labute approximate surface area is 178 Å². The summed E-state index contributed by atoms with van der Waals surface area (Å²) in [4.78, 5) is 17.1. The number of amides is 1. The molecule has 0 fully saturated rings. The van der Waals surface area contributed by atoms with Gasteiger partial charge in [-0.05, 0) is 54.4 Å². The summed E-state index contributed by atoms with van der Waals surface area (Å²) in [5.74, 6) is -0.415. The van der Waals surface area contributed by atoms with Crippen molar-refractivity contribution < 1.29 is 13.2 Å². The highest BCUT2D eigenvalue weighted by molar-refractivity contribution is 7.92. The van der Waals surface area contributed by atoms with Gasteiger partial charge in [0.2, 0.25) is 0 Å². The first-order valence-electron chi connectivity index (χ1n) is 9.33. The van der Waals surface area contributed by atoms with Crippen molar-refractivity contribution in [2.24, 2.45) is 0 Å². The molecule has 0 saturated heterocycles. The Bertz CT molecular complexity index is 1320. The SMILES string of the molecule is CCc1ccc2nc(NC(=O)c3cccc(S(=O)(=O)Nc4ccccc4)c3)sc2c1. The maximum absolute atomic E-state index is 12.7. The lowest BCUT2D eigenvalue weighted by atomic mass is 10.2. The molecule has 0 unspecified atom stereocenters. The van der Waals surface area contributed by atoms with Crippen molar-refractivity contribution in [1.29, 1.82) is 0 Å². The number of benzene rings is 3. The fourth-order valence-corrected chi connectivity index (χ4v) is 4.97. The summed E-state index contributed by atoms with van der Waals surface area (Å²) < 4.78 is 28.8. The third kappa shape index (κ3) is 4.34. The minimum Gasteiger partial charge on any atom is -0.298 e. The highest BCUT2D eigenvalue weighted by Gasteiger charge is 2.17. The van der Waals surface area contributed by atoms with Crippen LogP contribution in [0.25, 0.3) is 10.2 Å². The van der Waals surface area contributed by atoms with Crippen molar-refractivity contribution in [2.75, 3.05) is 10.0 Å². The summed E-state index contributed by atoms with van der Waals surface area (Å²) in [5, 5.41) is 3.24. The van der Waals surface area contributed by atoms with E-state index in [9.17, 15) is 13.2 Å². The number of rotatable bonds is 6. The molecule has 0 radical (unpaired) electrons. The lowest BCUT2D eigenvalue weighted by Gasteiger charge is -2.09. The van der Waals surface area contributed by atoms with Gasteiger partial charge in [-0.25, -0.2) is 13.4 Å². The Kier molecular flexibility index (Phi) is 5.52. The van der Waals surface area contributed by atoms with E-state index in [1.54, 1.807) is 42.5 Å². The van der Waals surface area contributed by atoms with Gasteiger partial charge in [0.15, 0.2) is 5.13 Å². The molecule has 3 aromatic carbocycles. The third-order valence-electron chi connectivity index (χ3n) is 4.51. The van der Waals surface area contributed by atoms with E-state index in [-0.39, 0.29) is 10.5 Å². The van der Waals surface area contributed by atoms with Crippen LogP contribution < -0.4 is 10.0 Å². The quantitative estimate of drug-likeness (QED) is 0.448. The molecular weight excluding hydrogens is 418 g/mol. The molecular formula is C22H19N3O3S2. The van der Waals surface area contributed by atoms with Crippen molar-refractivity contribution in [3.05, 3.63) is 83.9 Å². The molecule has 0 saturated carbocycles. The zero-order chi connectivity index (χ0) is 21.1. The molecule has 0 aliphatic heterocycles. The lowest BCUT2D eigenvalue weighted by molar-refractivity contribution is 0.102. The molecule has 152 valence electrons. The van der Waals surface area contributed by atoms with E-state index >= 15 is 0 Å². The van der Waals surface area contributed by atoms with Gasteiger partial charge >= 0.3 is 0 Å². The van der Waals surface area contributed by atoms with Gasteiger partial charge in [0, 0.05) is 11.3 Å². The Morgan fingerprint density at radius 1 is 1.00 bits per heavy atom. The van der Waals surface area contributed by atoms with E-state index in [1.807, 2.05) is 12.1 Å². The number of aromatic nitrogens is 1. The van der Waals surface area contributed by atoms with E-state index in [0.717, 1.165) is 16.6 Å². The van der Waals surface area contributed by atoms with Crippen molar-refractivity contribution in [3.8, 4) is 0 Å². The number of sulfonamides is 1. The van der Waals surface area contributed by atoms with Crippen LogP contribution in [0.5, 0.6) is 0 Å². The molecule has 1 aromatic heterocycles. The number of hydrogen-bond acceptors (Lipinski definition) is 5. The second-order valence-electron chi connectivity index (χ2n) is 6.63. The van der Waals surface area contributed by atoms with Crippen LogP contribution in [0.3, 0.4) is 0 Å². The molecule has 0 spiro atoms. The molecule has 4 aromatic rings. The predicted molar refractivity (Wildman–Crippen MR) is 121 cm³/mol. The van der Waals surface area contributed by atoms with Crippen LogP contribution in [0.1, 0.15) is 22.8 Å². The number of hydrogen-bond donors (Lipinski definition) is 2. The number of carbonyl (C=O) groups is 1. The number of anilines is 2. The van der Waals surface area contributed by atoms with Crippen molar-refractivity contribution in [2.45, 2.75) is 18.2 Å². The van der Waals surface area contributed by atoms with Gasteiger partial charge in [-0.2, -0.15) is 0 Å². The molecule has 0 aliphatic carbocycles. The van der Waals surface area contributed by atoms with Crippen LogP contribution in [0.4, 0.5) is 10.8 Å². The Balaban J connectivity index is 1.55. The monoisotopic (exact) mass is 437 g/mol. The van der Waals surface area contributed by atoms with Gasteiger partial charge in [0.05, 0.1) is 15.1 Å². The van der Waals surface area contributed by atoms with Crippen LogP contribution in [0.2, 0.25) is 0 Å². The van der Waals surface area contributed by atoms with Crippen molar-refractivity contribution in [1.82, 2.24) is 4.98 Å². The zero-order valence-corrected chi connectivity index (χ0v) is 17.8. The van der Waals surface area contributed by atoms with Gasteiger partial charge in [-0.15, -0.1) is 0 Å². The molecule has 1 heterocycles. The van der Waals surface area contributed by atoms with Gasteiger partial charge in [0.1, 0.15) is 0 Å². The minimum absolute atomic E-state index is 0.0101. The second kappa shape index (κ2) is 8.25. The van der Waals surface area contributed by atoms with Crippen molar-refractivity contribution in [3.63, 3.8) is 0 Å². The molecule has 8 heteroatoms. The molecule has 0 bridgehead atoms. The molecule has 4 rings (SSSR count). The largest absolute Gasteiger partial charge is 0.298 e. The summed E-state index contributed by atoms with van der Waals surface area (Å²) in [6.07, 6.45) is 0.924. The Hall–Kier alpha value is -3.23. The predicted octanol–water partition coefficient (Wildman–Crippen LogP) is 4.91. The van der Waals surface area contributed by atoms with Crippen LogP contribution in [-0.4, -0.2) is 19.3 Å². The highest BCUT2D eigenvalue weighted by Crippen LogP contribution is 2.27. The maximum Gasteiger partial charge on any atom is 0.261 e. The smallest absolute Gasteiger partial charge is 0.261 e. The number of nitrogens with one attached hydrogen (secondary N) is 2. The molecule has 0 aliphatic rings. The standard InChI is InChI=1S/C22H19N3O3S2/c1-2-15-11-12-19-20(13-15)29-22(23-19)24-21(26)16-7-6-10-18(14-16)30(27,28)25-17-8-4-3-5-9-17/h3-14,25H,2H2,1H3,(H,23,24,26). The summed E-state index contributed by atoms with van der Waals surface area (Å²) in [7, 11) is -3.81. The Morgan fingerprint density at radius 3 is 2.57 bits per heavy atom. The molecule has 0 atom stereocenters. The number of fused-ring (bicyclic) bond motifs is 1. The lowest BCUT2D eigenvalue weighted by Crippen LogP contribution is -2.15. The van der Waals surface area contributed by atoms with Crippen LogP contribution in [0.15, 0.2) is 77.7 Å². The van der Waals surface area contributed by atoms with Gasteiger partial charge in [-0.1, -0.05) is 48.6 Å². The fourth-order valence-electron chi connectivity index (χ4n) is 2.94. The average Bonchev–Trinajstić information content (AvgIpc) is 3.15. The number of nitrogens with zero attached hydrogens (tertiary/aromatic N) is 1. The summed E-state index contributed by atoms with van der Waals surface area (Å²) in [5.41, 5.74) is 2.71. The normalized spacial score (nSPS) is 11.4. The average molecular weight is 438 g/mol.